The Hall–Kier alpha value is -1.92. The highest BCUT2D eigenvalue weighted by Gasteiger charge is 2.19. The zero-order valence-electron chi connectivity index (χ0n) is 12.6. The van der Waals surface area contributed by atoms with Gasteiger partial charge in [-0.25, -0.2) is 4.98 Å². The molecule has 0 aromatic carbocycles. The minimum absolute atomic E-state index is 0.273. The number of nitrogens with zero attached hydrogens (tertiary/aromatic N) is 3. The Morgan fingerprint density at radius 1 is 1.35 bits per heavy atom. The molecule has 23 heavy (non-hydrogen) atoms. The van der Waals surface area contributed by atoms with E-state index in [2.05, 4.69) is 30.6 Å². The predicted molar refractivity (Wildman–Crippen MR) is 93.6 cm³/mol. The summed E-state index contributed by atoms with van der Waals surface area (Å²) < 4.78 is 8.80. The number of halogens is 1. The van der Waals surface area contributed by atoms with Gasteiger partial charge in [0.2, 0.25) is 0 Å². The lowest BCUT2D eigenvalue weighted by molar-refractivity contribution is 0.120. The fourth-order valence-electron chi connectivity index (χ4n) is 2.91. The van der Waals surface area contributed by atoms with Gasteiger partial charge in [0.05, 0.1) is 6.10 Å². The van der Waals surface area contributed by atoms with Gasteiger partial charge in [0.15, 0.2) is 0 Å². The molecule has 4 rings (SSSR count). The zero-order chi connectivity index (χ0) is 15.6. The first kappa shape index (κ1) is 14.7. The van der Waals surface area contributed by atoms with Crippen molar-refractivity contribution < 1.29 is 4.74 Å². The summed E-state index contributed by atoms with van der Waals surface area (Å²) in [5.41, 5.74) is 2.82. The number of nitrogens with one attached hydrogen (secondary N) is 1. The van der Waals surface area contributed by atoms with Crippen LogP contribution in [-0.2, 0) is 4.74 Å². The molecule has 1 aliphatic heterocycles. The van der Waals surface area contributed by atoms with E-state index in [1.54, 1.807) is 6.20 Å². The van der Waals surface area contributed by atoms with Crippen LogP contribution >= 0.6 is 15.9 Å². The second-order valence-corrected chi connectivity index (χ2v) is 6.56. The highest BCUT2D eigenvalue weighted by Crippen LogP contribution is 2.29. The van der Waals surface area contributed by atoms with E-state index in [1.807, 2.05) is 36.7 Å². The summed E-state index contributed by atoms with van der Waals surface area (Å²) in [4.78, 5) is 8.98. The Bertz CT molecular complexity index is 812. The van der Waals surface area contributed by atoms with Crippen LogP contribution in [0.3, 0.4) is 0 Å². The molecule has 1 aliphatic rings. The molecule has 3 aromatic rings. The van der Waals surface area contributed by atoms with Crippen LogP contribution in [-0.4, -0.2) is 33.6 Å². The fourth-order valence-corrected chi connectivity index (χ4v) is 3.24. The van der Waals surface area contributed by atoms with E-state index in [4.69, 9.17) is 9.72 Å². The molecule has 0 saturated carbocycles. The number of pyridine rings is 2. The van der Waals surface area contributed by atoms with Crippen molar-refractivity contribution in [3.8, 4) is 11.3 Å². The lowest BCUT2D eigenvalue weighted by atomic mass is 10.2. The van der Waals surface area contributed by atoms with E-state index in [0.717, 1.165) is 53.2 Å². The van der Waals surface area contributed by atoms with Gasteiger partial charge >= 0.3 is 0 Å². The predicted octanol–water partition coefficient (Wildman–Crippen LogP) is 3.75. The lowest BCUT2D eigenvalue weighted by Crippen LogP contribution is -2.19. The minimum atomic E-state index is 0.273. The number of anilines is 1. The van der Waals surface area contributed by atoms with E-state index in [9.17, 15) is 0 Å². The quantitative estimate of drug-likeness (QED) is 0.757. The third-order valence-corrected chi connectivity index (χ3v) is 4.51. The lowest BCUT2D eigenvalue weighted by Gasteiger charge is -2.13. The van der Waals surface area contributed by atoms with Gasteiger partial charge in [0.25, 0.3) is 0 Å². The summed E-state index contributed by atoms with van der Waals surface area (Å²) in [6.07, 6.45) is 8.16. The maximum Gasteiger partial charge on any atom is 0.139 e. The van der Waals surface area contributed by atoms with Crippen molar-refractivity contribution in [2.24, 2.45) is 0 Å². The number of rotatable bonds is 4. The number of aromatic nitrogens is 3. The normalized spacial score (nSPS) is 17.7. The molecular weight excluding hydrogens is 356 g/mol. The largest absolute Gasteiger partial charge is 0.376 e. The first-order chi connectivity index (χ1) is 11.3. The van der Waals surface area contributed by atoms with E-state index in [0.29, 0.717) is 0 Å². The maximum absolute atomic E-state index is 5.72. The molecule has 4 heterocycles. The molecule has 0 bridgehead atoms. The van der Waals surface area contributed by atoms with Crippen LogP contribution in [0.25, 0.3) is 16.9 Å². The Balaban J connectivity index is 1.76. The summed E-state index contributed by atoms with van der Waals surface area (Å²) in [5, 5.41) is 3.53. The summed E-state index contributed by atoms with van der Waals surface area (Å²) in [6, 6.07) is 7.96. The van der Waals surface area contributed by atoms with Crippen LogP contribution in [0.15, 0.2) is 47.3 Å². The molecule has 0 aliphatic carbocycles. The first-order valence-corrected chi connectivity index (χ1v) is 8.54. The molecule has 0 amide bonds. The van der Waals surface area contributed by atoms with Crippen molar-refractivity contribution in [1.29, 1.82) is 0 Å². The monoisotopic (exact) mass is 372 g/mol. The van der Waals surface area contributed by atoms with Crippen LogP contribution in [0.1, 0.15) is 12.8 Å². The molecule has 1 atom stereocenters. The van der Waals surface area contributed by atoms with Crippen molar-refractivity contribution in [3.05, 3.63) is 47.3 Å². The van der Waals surface area contributed by atoms with E-state index in [-0.39, 0.29) is 6.10 Å². The highest BCUT2D eigenvalue weighted by molar-refractivity contribution is 9.10. The third kappa shape index (κ3) is 2.96. The molecule has 6 heteroatoms. The Morgan fingerprint density at radius 2 is 2.30 bits per heavy atom. The van der Waals surface area contributed by atoms with Crippen molar-refractivity contribution in [2.75, 3.05) is 18.5 Å². The second-order valence-electron chi connectivity index (χ2n) is 5.64. The molecular formula is C17H17BrN4O. The standard InChI is InChI=1S/C17H17BrN4O/c18-13-5-6-15-21-16(12-3-1-7-19-9-12)17(22(15)11-13)20-10-14-4-2-8-23-14/h1,3,5-7,9,11,14,20H,2,4,8,10H2/t14-/m1/s1. The average Bonchev–Trinajstić information content (AvgIpc) is 3.21. The summed E-state index contributed by atoms with van der Waals surface area (Å²) >= 11 is 3.54. The minimum Gasteiger partial charge on any atom is -0.376 e. The maximum atomic E-state index is 5.72. The molecule has 1 N–H and O–H groups in total. The van der Waals surface area contributed by atoms with Gasteiger partial charge in [-0.3, -0.25) is 9.38 Å². The summed E-state index contributed by atoms with van der Waals surface area (Å²) in [7, 11) is 0. The van der Waals surface area contributed by atoms with Crippen LogP contribution in [0.5, 0.6) is 0 Å². The van der Waals surface area contributed by atoms with Crippen molar-refractivity contribution in [1.82, 2.24) is 14.4 Å². The molecule has 1 saturated heterocycles. The van der Waals surface area contributed by atoms with Gasteiger partial charge in [0.1, 0.15) is 17.2 Å². The van der Waals surface area contributed by atoms with Crippen LogP contribution in [0.2, 0.25) is 0 Å². The SMILES string of the molecule is Brc1ccc2nc(-c3cccnc3)c(NC[C@H]3CCCO3)n2c1. The number of hydrogen-bond donors (Lipinski definition) is 1. The number of ether oxygens (including phenoxy) is 1. The van der Waals surface area contributed by atoms with Gasteiger partial charge in [-0.2, -0.15) is 0 Å². The topological polar surface area (TPSA) is 51.5 Å². The molecule has 118 valence electrons. The van der Waals surface area contributed by atoms with Crippen molar-refractivity contribution >= 4 is 27.4 Å². The molecule has 0 spiro atoms. The van der Waals surface area contributed by atoms with Crippen molar-refractivity contribution in [3.63, 3.8) is 0 Å². The third-order valence-electron chi connectivity index (χ3n) is 4.04. The van der Waals surface area contributed by atoms with Crippen LogP contribution in [0.4, 0.5) is 5.82 Å². The van der Waals surface area contributed by atoms with Crippen LogP contribution < -0.4 is 5.32 Å². The zero-order valence-corrected chi connectivity index (χ0v) is 14.2. The number of fused-ring (bicyclic) bond motifs is 1. The Kier molecular flexibility index (Phi) is 4.01. The summed E-state index contributed by atoms with van der Waals surface area (Å²) in [6.45, 7) is 1.65. The molecule has 0 radical (unpaired) electrons. The molecule has 3 aromatic heterocycles. The van der Waals surface area contributed by atoms with E-state index in [1.165, 1.54) is 0 Å². The summed E-state index contributed by atoms with van der Waals surface area (Å²) in [5.74, 6) is 0.977. The van der Waals surface area contributed by atoms with Crippen molar-refractivity contribution in [2.45, 2.75) is 18.9 Å². The molecule has 0 unspecified atom stereocenters. The van der Waals surface area contributed by atoms with Gasteiger partial charge in [0, 0.05) is 41.8 Å². The fraction of sp³-hybridized carbons (Fsp3) is 0.294. The average molecular weight is 373 g/mol. The number of hydrogen-bond acceptors (Lipinski definition) is 4. The van der Waals surface area contributed by atoms with E-state index < -0.39 is 0 Å². The highest BCUT2D eigenvalue weighted by atomic mass is 79.9. The van der Waals surface area contributed by atoms with Gasteiger partial charge in [-0.05, 0) is 53.0 Å². The Labute approximate surface area is 142 Å². The van der Waals surface area contributed by atoms with Crippen LogP contribution in [0, 0.1) is 0 Å². The smallest absolute Gasteiger partial charge is 0.139 e. The van der Waals surface area contributed by atoms with Gasteiger partial charge < -0.3 is 10.1 Å². The molecule has 1 fully saturated rings. The first-order valence-electron chi connectivity index (χ1n) is 7.75. The van der Waals surface area contributed by atoms with Gasteiger partial charge in [-0.15, -0.1) is 0 Å². The van der Waals surface area contributed by atoms with Gasteiger partial charge in [-0.1, -0.05) is 0 Å². The second kappa shape index (κ2) is 6.29. The van der Waals surface area contributed by atoms with E-state index >= 15 is 0 Å². The Morgan fingerprint density at radius 3 is 3.09 bits per heavy atom. The molecule has 5 nitrogen and oxygen atoms in total. The number of imidazole rings is 1.